The van der Waals surface area contributed by atoms with Gasteiger partial charge in [-0.2, -0.15) is 0 Å². The van der Waals surface area contributed by atoms with Crippen molar-refractivity contribution >= 4 is 22.6 Å². The summed E-state index contributed by atoms with van der Waals surface area (Å²) in [5.41, 5.74) is 1.14. The third kappa shape index (κ3) is 0.914. The third-order valence-electron chi connectivity index (χ3n) is 1.43. The first-order valence-electron chi connectivity index (χ1n) is 3.01. The van der Waals surface area contributed by atoms with Crippen LogP contribution in [0.2, 0.25) is 5.02 Å². The van der Waals surface area contributed by atoms with Crippen molar-refractivity contribution in [1.29, 1.82) is 0 Å². The van der Waals surface area contributed by atoms with Gasteiger partial charge < -0.3 is 5.21 Å². The summed E-state index contributed by atoms with van der Waals surface area (Å²) in [6.07, 6.45) is 0. The van der Waals surface area contributed by atoms with E-state index < -0.39 is 0 Å². The van der Waals surface area contributed by atoms with E-state index in [1.165, 1.54) is 0 Å². The highest BCUT2D eigenvalue weighted by molar-refractivity contribution is 6.31. The Hall–Kier alpha value is -1.29. The normalized spacial score (nSPS) is 10.6. The molecule has 0 aliphatic carbocycles. The van der Waals surface area contributed by atoms with Crippen LogP contribution in [0.4, 0.5) is 0 Å². The molecule has 0 aliphatic heterocycles. The highest BCUT2D eigenvalue weighted by atomic mass is 35.5. The minimum Gasteiger partial charge on any atom is -0.691 e. The van der Waals surface area contributed by atoms with Crippen LogP contribution in [0.3, 0.4) is 0 Å². The van der Waals surface area contributed by atoms with Crippen molar-refractivity contribution < 1.29 is 4.85 Å². The lowest BCUT2D eigenvalue weighted by molar-refractivity contribution is -0.644. The Morgan fingerprint density at radius 2 is 2.36 bits per heavy atom. The molecule has 56 valence electrons. The Morgan fingerprint density at radius 3 is 3.18 bits per heavy atom. The Balaban J connectivity index is 2.86. The van der Waals surface area contributed by atoms with E-state index in [-0.39, 0.29) is 0 Å². The van der Waals surface area contributed by atoms with Crippen molar-refractivity contribution in [3.05, 3.63) is 28.4 Å². The van der Waals surface area contributed by atoms with Crippen molar-refractivity contribution in [1.82, 2.24) is 10.3 Å². The fourth-order valence-electron chi connectivity index (χ4n) is 0.918. The molecule has 0 saturated heterocycles. The summed E-state index contributed by atoms with van der Waals surface area (Å²) in [6.45, 7) is 0. The molecule has 0 amide bonds. The summed E-state index contributed by atoms with van der Waals surface area (Å²) in [5.74, 6) is 0. The molecule has 0 aliphatic rings. The fraction of sp³-hybridized carbons (Fsp3) is 0. The maximum absolute atomic E-state index is 10.8. The molecule has 2 rings (SSSR count). The Kier molecular flexibility index (Phi) is 1.22. The van der Waals surface area contributed by atoms with E-state index in [2.05, 4.69) is 10.3 Å². The van der Waals surface area contributed by atoms with Gasteiger partial charge in [-0.15, -0.1) is 9.94 Å². The molecule has 0 saturated carbocycles. The van der Waals surface area contributed by atoms with Gasteiger partial charge in [0.05, 0.1) is 5.21 Å². The zero-order valence-electron chi connectivity index (χ0n) is 5.41. The van der Waals surface area contributed by atoms with Gasteiger partial charge in [-0.1, -0.05) is 11.6 Å². The fourth-order valence-corrected chi connectivity index (χ4v) is 1.09. The zero-order chi connectivity index (χ0) is 7.84. The zero-order valence-corrected chi connectivity index (χ0v) is 6.17. The van der Waals surface area contributed by atoms with Crippen LogP contribution in [-0.4, -0.2) is 10.3 Å². The van der Waals surface area contributed by atoms with E-state index in [9.17, 15) is 5.21 Å². The topological polar surface area (TPSA) is 55.6 Å². The maximum atomic E-state index is 10.8. The molecule has 0 bridgehead atoms. The van der Waals surface area contributed by atoms with Gasteiger partial charge in [-0.05, 0) is 12.1 Å². The maximum Gasteiger partial charge on any atom is 0.202 e. The molecule has 1 N–H and O–H groups in total. The van der Waals surface area contributed by atoms with Gasteiger partial charge in [0.15, 0.2) is 5.52 Å². The second-order valence-corrected chi connectivity index (χ2v) is 2.58. The predicted molar refractivity (Wildman–Crippen MR) is 40.1 cm³/mol. The van der Waals surface area contributed by atoms with Crippen LogP contribution in [0.25, 0.3) is 11.0 Å². The Morgan fingerprint density at radius 1 is 1.55 bits per heavy atom. The Bertz CT molecular complexity index is 398. The van der Waals surface area contributed by atoms with Crippen LogP contribution in [0, 0.1) is 5.21 Å². The number of fused-ring (bicyclic) bond motifs is 1. The molecular formula is C6H4ClN3O. The van der Waals surface area contributed by atoms with Gasteiger partial charge in [0.25, 0.3) is 0 Å². The highest BCUT2D eigenvalue weighted by Gasteiger charge is 2.04. The number of benzene rings is 1. The number of aromatic nitrogens is 3. The second-order valence-electron chi connectivity index (χ2n) is 2.15. The van der Waals surface area contributed by atoms with Crippen molar-refractivity contribution in [3.8, 4) is 0 Å². The second kappa shape index (κ2) is 2.10. The molecule has 1 heterocycles. The lowest BCUT2D eigenvalue weighted by Crippen LogP contribution is -2.27. The quantitative estimate of drug-likeness (QED) is 0.470. The highest BCUT2D eigenvalue weighted by Crippen LogP contribution is 2.13. The third-order valence-corrected chi connectivity index (χ3v) is 1.66. The lowest BCUT2D eigenvalue weighted by atomic mass is 10.3. The summed E-state index contributed by atoms with van der Waals surface area (Å²) in [5, 5.41) is 17.4. The first-order valence-corrected chi connectivity index (χ1v) is 3.38. The number of H-pyrrole nitrogens is 1. The van der Waals surface area contributed by atoms with Gasteiger partial charge >= 0.3 is 0 Å². The van der Waals surface area contributed by atoms with Crippen molar-refractivity contribution in [2.45, 2.75) is 0 Å². The first kappa shape index (κ1) is 6.42. The molecule has 1 aromatic heterocycles. The number of nitrogens with one attached hydrogen (secondary N) is 1. The molecule has 2 aromatic rings. The van der Waals surface area contributed by atoms with E-state index >= 15 is 0 Å². The van der Waals surface area contributed by atoms with Crippen molar-refractivity contribution in [2.24, 2.45) is 0 Å². The lowest BCUT2D eigenvalue weighted by Gasteiger charge is -1.91. The molecule has 0 unspecified atom stereocenters. The molecule has 0 spiro atoms. The standard InChI is InChI=1S/C6H4ClN3O/c7-4-1-2-6-5(3-4)8-9-10(6)11/h1-3,8H. The monoisotopic (exact) mass is 169 g/mol. The molecule has 0 fully saturated rings. The molecule has 0 radical (unpaired) electrons. The van der Waals surface area contributed by atoms with Crippen LogP contribution in [0.5, 0.6) is 0 Å². The number of halogens is 1. The SMILES string of the molecule is [O-][n+]1n[nH]c2cc(Cl)ccc21. The average molecular weight is 170 g/mol. The molecular weight excluding hydrogens is 166 g/mol. The van der Waals surface area contributed by atoms with Crippen molar-refractivity contribution in [2.75, 3.05) is 0 Å². The van der Waals surface area contributed by atoms with E-state index in [1.807, 2.05) is 0 Å². The van der Waals surface area contributed by atoms with Crippen LogP contribution < -0.4 is 4.85 Å². The van der Waals surface area contributed by atoms with Gasteiger partial charge in [0, 0.05) is 11.1 Å². The van der Waals surface area contributed by atoms with Gasteiger partial charge in [-0.3, -0.25) is 0 Å². The number of rotatable bonds is 0. The molecule has 0 atom stereocenters. The summed E-state index contributed by atoms with van der Waals surface area (Å²) in [7, 11) is 0. The van der Waals surface area contributed by atoms with E-state index in [0.717, 1.165) is 0 Å². The minimum absolute atomic E-state index is 0.495. The summed E-state index contributed by atoms with van der Waals surface area (Å²) >= 11 is 5.67. The molecule has 5 heteroatoms. The number of hydrogen-bond acceptors (Lipinski definition) is 2. The largest absolute Gasteiger partial charge is 0.691 e. The van der Waals surface area contributed by atoms with Crippen molar-refractivity contribution in [3.63, 3.8) is 0 Å². The number of nitrogens with zero attached hydrogens (tertiary/aromatic N) is 2. The Labute approximate surface area is 67.0 Å². The number of aromatic amines is 1. The summed E-state index contributed by atoms with van der Waals surface area (Å²) < 4.78 is 0. The predicted octanol–water partition coefficient (Wildman–Crippen LogP) is 0.850. The molecule has 4 nitrogen and oxygen atoms in total. The number of hydrogen-bond donors (Lipinski definition) is 1. The van der Waals surface area contributed by atoms with Gasteiger partial charge in [0.1, 0.15) is 0 Å². The average Bonchev–Trinajstić information content (AvgIpc) is 2.32. The van der Waals surface area contributed by atoms with Gasteiger partial charge in [-0.25, -0.2) is 0 Å². The molecule has 11 heavy (non-hydrogen) atoms. The van der Waals surface area contributed by atoms with Crippen LogP contribution >= 0.6 is 11.6 Å². The van der Waals surface area contributed by atoms with E-state index in [0.29, 0.717) is 20.9 Å². The van der Waals surface area contributed by atoms with E-state index in [4.69, 9.17) is 11.6 Å². The van der Waals surface area contributed by atoms with Crippen LogP contribution in [0.15, 0.2) is 18.2 Å². The van der Waals surface area contributed by atoms with Crippen LogP contribution in [0.1, 0.15) is 0 Å². The smallest absolute Gasteiger partial charge is 0.202 e. The summed E-state index contributed by atoms with van der Waals surface area (Å²) in [4.78, 5) is 0.520. The first-order chi connectivity index (χ1) is 5.27. The van der Waals surface area contributed by atoms with E-state index in [1.54, 1.807) is 18.2 Å². The molecule has 1 aromatic carbocycles. The summed E-state index contributed by atoms with van der Waals surface area (Å²) in [6, 6.07) is 4.92. The minimum atomic E-state index is 0.495. The van der Waals surface area contributed by atoms with Gasteiger partial charge in [0.2, 0.25) is 5.52 Å². The van der Waals surface area contributed by atoms with Crippen LogP contribution in [-0.2, 0) is 0 Å².